The van der Waals surface area contributed by atoms with Crippen LogP contribution in [0.25, 0.3) is 0 Å². The second-order valence-electron chi connectivity index (χ2n) is 3.96. The molecule has 12 heavy (non-hydrogen) atoms. The summed E-state index contributed by atoms with van der Waals surface area (Å²) in [7, 11) is 0. The van der Waals surface area contributed by atoms with E-state index in [1.807, 2.05) is 11.4 Å². The number of rotatable bonds is 1. The molecule has 0 bridgehead atoms. The molecule has 2 unspecified atom stereocenters. The van der Waals surface area contributed by atoms with Crippen molar-refractivity contribution in [1.29, 1.82) is 0 Å². The fourth-order valence-corrected chi connectivity index (χ4v) is 3.22. The van der Waals surface area contributed by atoms with Gasteiger partial charge < -0.3 is 5.73 Å². The van der Waals surface area contributed by atoms with Crippen LogP contribution in [0.1, 0.15) is 24.6 Å². The van der Waals surface area contributed by atoms with Gasteiger partial charge in [0.25, 0.3) is 0 Å². The van der Waals surface area contributed by atoms with Gasteiger partial charge in [-0.2, -0.15) is 0 Å². The molecule has 2 N–H and O–H groups in total. The smallest absolute Gasteiger partial charge is 0.0548 e. The minimum atomic E-state index is 0.245. The number of hydrogen-bond donors (Lipinski definition) is 1. The topological polar surface area (TPSA) is 26.0 Å². The van der Waals surface area contributed by atoms with E-state index in [2.05, 4.69) is 13.8 Å². The second-order valence-corrected chi connectivity index (χ2v) is 5.31. The Morgan fingerprint density at radius 2 is 2.17 bits per heavy atom. The summed E-state index contributed by atoms with van der Waals surface area (Å²) in [5.74, 6) is 0.477. The predicted molar refractivity (Wildman–Crippen MR) is 53.8 cm³/mol. The van der Waals surface area contributed by atoms with Gasteiger partial charge in [0, 0.05) is 16.8 Å². The van der Waals surface area contributed by atoms with Crippen LogP contribution in [0.5, 0.6) is 0 Å². The monoisotopic (exact) mass is 201 g/mol. The van der Waals surface area contributed by atoms with Gasteiger partial charge in [0.05, 0.1) is 5.02 Å². The van der Waals surface area contributed by atoms with E-state index in [1.54, 1.807) is 11.3 Å². The van der Waals surface area contributed by atoms with E-state index < -0.39 is 0 Å². The SMILES string of the molecule is CC1(C)C(N)C1c1sccc1Cl. The van der Waals surface area contributed by atoms with E-state index in [-0.39, 0.29) is 11.5 Å². The van der Waals surface area contributed by atoms with E-state index >= 15 is 0 Å². The van der Waals surface area contributed by atoms with Gasteiger partial charge in [0.1, 0.15) is 0 Å². The zero-order valence-corrected chi connectivity index (χ0v) is 8.75. The fraction of sp³-hybridized carbons (Fsp3) is 0.556. The van der Waals surface area contributed by atoms with Crippen LogP contribution in [0, 0.1) is 5.41 Å². The van der Waals surface area contributed by atoms with Gasteiger partial charge in [-0.05, 0) is 16.9 Å². The van der Waals surface area contributed by atoms with Gasteiger partial charge in [0.2, 0.25) is 0 Å². The van der Waals surface area contributed by atoms with Crippen molar-refractivity contribution in [2.24, 2.45) is 11.1 Å². The number of thiophene rings is 1. The first-order valence-corrected chi connectivity index (χ1v) is 5.29. The summed E-state index contributed by atoms with van der Waals surface area (Å²) in [6.07, 6.45) is 0. The van der Waals surface area contributed by atoms with Gasteiger partial charge in [-0.1, -0.05) is 25.4 Å². The predicted octanol–water partition coefficient (Wildman–Crippen LogP) is 2.85. The van der Waals surface area contributed by atoms with Crippen molar-refractivity contribution in [3.63, 3.8) is 0 Å². The van der Waals surface area contributed by atoms with E-state index in [0.29, 0.717) is 5.92 Å². The average molecular weight is 202 g/mol. The molecule has 0 aliphatic heterocycles. The highest BCUT2D eigenvalue weighted by Crippen LogP contribution is 2.59. The Hall–Kier alpha value is -0.0500. The molecular weight excluding hydrogens is 190 g/mol. The largest absolute Gasteiger partial charge is 0.327 e. The Labute approximate surface area is 81.5 Å². The highest BCUT2D eigenvalue weighted by molar-refractivity contribution is 7.10. The molecule has 1 aromatic heterocycles. The Morgan fingerprint density at radius 1 is 1.58 bits per heavy atom. The lowest BCUT2D eigenvalue weighted by Gasteiger charge is -1.99. The molecular formula is C9H12ClNS. The summed E-state index contributed by atoms with van der Waals surface area (Å²) in [5, 5.41) is 2.91. The zero-order chi connectivity index (χ0) is 8.93. The molecule has 0 saturated heterocycles. The van der Waals surface area contributed by atoms with E-state index in [9.17, 15) is 0 Å². The highest BCUT2D eigenvalue weighted by Gasteiger charge is 2.57. The first-order chi connectivity index (χ1) is 5.55. The van der Waals surface area contributed by atoms with E-state index in [4.69, 9.17) is 17.3 Å². The molecule has 1 heterocycles. The molecule has 1 fully saturated rings. The van der Waals surface area contributed by atoms with Crippen LogP contribution in [0.4, 0.5) is 0 Å². The maximum atomic E-state index is 6.02. The number of hydrogen-bond acceptors (Lipinski definition) is 2. The van der Waals surface area contributed by atoms with Crippen molar-refractivity contribution in [2.45, 2.75) is 25.8 Å². The van der Waals surface area contributed by atoms with Gasteiger partial charge >= 0.3 is 0 Å². The van der Waals surface area contributed by atoms with Crippen molar-refractivity contribution in [2.75, 3.05) is 0 Å². The maximum Gasteiger partial charge on any atom is 0.0548 e. The van der Waals surface area contributed by atoms with Gasteiger partial charge in [-0.15, -0.1) is 11.3 Å². The molecule has 0 amide bonds. The number of nitrogens with two attached hydrogens (primary N) is 1. The van der Waals surface area contributed by atoms with Crippen molar-refractivity contribution < 1.29 is 0 Å². The van der Waals surface area contributed by atoms with Crippen LogP contribution in [0.2, 0.25) is 5.02 Å². The van der Waals surface area contributed by atoms with Crippen molar-refractivity contribution in [3.8, 4) is 0 Å². The molecule has 3 heteroatoms. The summed E-state index contributed by atoms with van der Waals surface area (Å²) >= 11 is 7.74. The molecule has 1 nitrogen and oxygen atoms in total. The Morgan fingerprint density at radius 3 is 2.50 bits per heavy atom. The molecule has 0 aromatic carbocycles. The Balaban J connectivity index is 2.30. The molecule has 2 atom stereocenters. The van der Waals surface area contributed by atoms with Crippen molar-refractivity contribution in [1.82, 2.24) is 0 Å². The van der Waals surface area contributed by atoms with Crippen LogP contribution in [0.15, 0.2) is 11.4 Å². The lowest BCUT2D eigenvalue weighted by atomic mass is 10.1. The molecule has 2 rings (SSSR count). The molecule has 1 aliphatic rings. The minimum absolute atomic E-state index is 0.245. The summed E-state index contributed by atoms with van der Waals surface area (Å²) in [6.45, 7) is 4.39. The first-order valence-electron chi connectivity index (χ1n) is 4.03. The quantitative estimate of drug-likeness (QED) is 0.743. The number of halogens is 1. The molecule has 0 radical (unpaired) electrons. The molecule has 0 spiro atoms. The van der Waals surface area contributed by atoms with Crippen LogP contribution in [0.3, 0.4) is 0 Å². The molecule has 66 valence electrons. The molecule has 1 aromatic rings. The third-order valence-corrected chi connectivity index (χ3v) is 4.28. The third kappa shape index (κ3) is 1.02. The van der Waals surface area contributed by atoms with E-state index in [1.165, 1.54) is 4.88 Å². The molecule has 1 saturated carbocycles. The molecule has 1 aliphatic carbocycles. The minimum Gasteiger partial charge on any atom is -0.327 e. The summed E-state index contributed by atoms with van der Waals surface area (Å²) in [6, 6.07) is 2.23. The third-order valence-electron chi connectivity index (χ3n) is 2.84. The highest BCUT2D eigenvalue weighted by atomic mass is 35.5. The van der Waals surface area contributed by atoms with Gasteiger partial charge in [-0.3, -0.25) is 0 Å². The van der Waals surface area contributed by atoms with Gasteiger partial charge in [0.15, 0.2) is 0 Å². The second kappa shape index (κ2) is 2.47. The summed E-state index contributed by atoms with van der Waals surface area (Å²) < 4.78 is 0. The fourth-order valence-electron chi connectivity index (χ4n) is 1.71. The van der Waals surface area contributed by atoms with Crippen molar-refractivity contribution in [3.05, 3.63) is 21.3 Å². The Bertz CT molecular complexity index is 305. The van der Waals surface area contributed by atoms with Gasteiger partial charge in [-0.25, -0.2) is 0 Å². The summed E-state index contributed by atoms with van der Waals surface area (Å²) in [4.78, 5) is 1.26. The van der Waals surface area contributed by atoms with Crippen LogP contribution < -0.4 is 5.73 Å². The standard InChI is InChI=1S/C9H12ClNS/c1-9(2)6(8(9)11)7-5(10)3-4-12-7/h3-4,6,8H,11H2,1-2H3. The lowest BCUT2D eigenvalue weighted by molar-refractivity contribution is 0.601. The normalized spacial score (nSPS) is 32.0. The van der Waals surface area contributed by atoms with Crippen LogP contribution in [-0.4, -0.2) is 6.04 Å². The Kier molecular flexibility index (Phi) is 1.76. The average Bonchev–Trinajstić information content (AvgIpc) is 2.39. The van der Waals surface area contributed by atoms with Crippen molar-refractivity contribution >= 4 is 22.9 Å². The maximum absolute atomic E-state index is 6.02. The first kappa shape index (κ1) is 8.54. The summed E-state index contributed by atoms with van der Waals surface area (Å²) in [5.41, 5.74) is 6.20. The lowest BCUT2D eigenvalue weighted by Crippen LogP contribution is -2.06. The van der Waals surface area contributed by atoms with E-state index in [0.717, 1.165) is 5.02 Å². The van der Waals surface area contributed by atoms with Crippen LogP contribution >= 0.6 is 22.9 Å². The van der Waals surface area contributed by atoms with Crippen LogP contribution in [-0.2, 0) is 0 Å². The zero-order valence-electron chi connectivity index (χ0n) is 7.17.